The summed E-state index contributed by atoms with van der Waals surface area (Å²) in [6, 6.07) is 25.8. The normalized spacial score (nSPS) is 21.8. The molecule has 0 saturated carbocycles. The van der Waals surface area contributed by atoms with E-state index in [-0.39, 0.29) is 24.8 Å². The second-order valence-electron chi connectivity index (χ2n) is 10.5. The van der Waals surface area contributed by atoms with Crippen LogP contribution in [-0.2, 0) is 29.2 Å². The lowest BCUT2D eigenvalue weighted by molar-refractivity contribution is -0.253. The smallest absolute Gasteiger partial charge is 0.315 e. The van der Waals surface area contributed by atoms with Crippen molar-refractivity contribution in [2.24, 2.45) is 0 Å². The topological polar surface area (TPSA) is 83.1 Å². The Kier molecular flexibility index (Phi) is 9.61. The Morgan fingerprint density at radius 3 is 2.05 bits per heavy atom. The summed E-state index contributed by atoms with van der Waals surface area (Å²) in [5, 5.41) is 15.2. The highest BCUT2D eigenvalue weighted by atomic mass is 16.7. The zero-order chi connectivity index (χ0) is 26.9. The van der Waals surface area contributed by atoms with Crippen LogP contribution in [-0.4, -0.2) is 41.8 Å². The van der Waals surface area contributed by atoms with Gasteiger partial charge in [-0.25, -0.2) is 4.79 Å². The molecule has 2 fully saturated rings. The molecule has 39 heavy (non-hydrogen) atoms. The molecule has 5 rings (SSSR count). The number of nitrogens with one attached hydrogen (secondary N) is 2. The van der Waals surface area contributed by atoms with Crippen molar-refractivity contribution < 1.29 is 19.4 Å². The van der Waals surface area contributed by atoms with E-state index in [1.165, 1.54) is 19.3 Å². The van der Waals surface area contributed by atoms with Crippen molar-refractivity contribution in [3.05, 3.63) is 107 Å². The Labute approximate surface area is 231 Å². The minimum atomic E-state index is -0.466. The zero-order valence-electron chi connectivity index (χ0n) is 22.4. The van der Waals surface area contributed by atoms with E-state index in [9.17, 15) is 9.90 Å². The lowest BCUT2D eigenvalue weighted by Crippen LogP contribution is -2.41. The van der Waals surface area contributed by atoms with Gasteiger partial charge in [-0.15, -0.1) is 0 Å². The van der Waals surface area contributed by atoms with Crippen molar-refractivity contribution in [3.63, 3.8) is 0 Å². The predicted octanol–water partition coefficient (Wildman–Crippen LogP) is 5.21. The molecule has 206 valence electrons. The number of likely N-dealkylation sites (tertiary alicyclic amines) is 1. The highest BCUT2D eigenvalue weighted by molar-refractivity contribution is 5.73. The van der Waals surface area contributed by atoms with E-state index in [2.05, 4.69) is 15.5 Å². The number of nitrogens with zero attached hydrogens (tertiary/aromatic N) is 1. The molecule has 3 atom stereocenters. The molecule has 0 aromatic heterocycles. The number of hydrogen-bond acceptors (Lipinski definition) is 5. The summed E-state index contributed by atoms with van der Waals surface area (Å²) in [7, 11) is 0. The van der Waals surface area contributed by atoms with Crippen LogP contribution in [0.5, 0.6) is 0 Å². The van der Waals surface area contributed by atoms with E-state index in [1.807, 2.05) is 78.9 Å². The van der Waals surface area contributed by atoms with Crippen molar-refractivity contribution in [1.82, 2.24) is 15.5 Å². The highest BCUT2D eigenvalue weighted by Crippen LogP contribution is 2.38. The van der Waals surface area contributed by atoms with Crippen LogP contribution in [0.25, 0.3) is 0 Å². The van der Waals surface area contributed by atoms with E-state index in [1.54, 1.807) is 0 Å². The molecule has 3 aromatic carbocycles. The molecule has 0 aliphatic carbocycles. The van der Waals surface area contributed by atoms with Crippen LogP contribution < -0.4 is 10.6 Å². The second kappa shape index (κ2) is 13.7. The van der Waals surface area contributed by atoms with Crippen molar-refractivity contribution in [3.8, 4) is 0 Å². The Bertz CT molecular complexity index is 1160. The first-order valence-corrected chi connectivity index (χ1v) is 14.0. The first kappa shape index (κ1) is 27.3. The molecule has 2 saturated heterocycles. The summed E-state index contributed by atoms with van der Waals surface area (Å²) in [5.41, 5.74) is 5.03. The number of aliphatic hydroxyl groups is 1. The van der Waals surface area contributed by atoms with Crippen LogP contribution in [0.15, 0.2) is 78.9 Å². The second-order valence-corrected chi connectivity index (χ2v) is 10.5. The van der Waals surface area contributed by atoms with Crippen molar-refractivity contribution in [1.29, 1.82) is 0 Å². The fourth-order valence-corrected chi connectivity index (χ4v) is 5.28. The van der Waals surface area contributed by atoms with Crippen LogP contribution in [0.3, 0.4) is 0 Å². The van der Waals surface area contributed by atoms with Gasteiger partial charge in [-0.05, 0) is 48.2 Å². The van der Waals surface area contributed by atoms with E-state index in [0.29, 0.717) is 13.1 Å². The minimum absolute atomic E-state index is 0.0328. The zero-order valence-corrected chi connectivity index (χ0v) is 22.4. The number of urea groups is 1. The summed E-state index contributed by atoms with van der Waals surface area (Å²) in [6.07, 6.45) is 4.12. The molecule has 0 bridgehead atoms. The van der Waals surface area contributed by atoms with Crippen molar-refractivity contribution in [2.75, 3.05) is 19.6 Å². The molecule has 3 N–H and O–H groups in total. The van der Waals surface area contributed by atoms with Crippen LogP contribution in [0.1, 0.15) is 65.9 Å². The first-order chi connectivity index (χ1) is 19.2. The van der Waals surface area contributed by atoms with Gasteiger partial charge in [-0.2, -0.15) is 0 Å². The maximum absolute atomic E-state index is 12.2. The molecular weight excluding hydrogens is 490 g/mol. The standard InChI is InChI=1S/C32H39N3O4/c36-23-26-11-13-27(14-12-26)30-19-29(22-35-17-5-2-6-18-35)38-31(39-30)28-15-9-25(10-16-28)21-34-32(37)33-20-24-7-3-1-4-8-24/h1,3-4,7-16,29-31,36H,2,5-6,17-23H2,(H2,33,34,37)/t29-,30+,31+/m0/s1. The minimum Gasteiger partial charge on any atom is -0.392 e. The maximum atomic E-state index is 12.2. The fraction of sp³-hybridized carbons (Fsp3) is 0.406. The van der Waals surface area contributed by atoms with E-state index in [4.69, 9.17) is 9.47 Å². The highest BCUT2D eigenvalue weighted by Gasteiger charge is 2.33. The third-order valence-electron chi connectivity index (χ3n) is 7.53. The Morgan fingerprint density at radius 1 is 0.769 bits per heavy atom. The third-order valence-corrected chi connectivity index (χ3v) is 7.53. The van der Waals surface area contributed by atoms with Gasteiger partial charge in [-0.1, -0.05) is 85.3 Å². The third kappa shape index (κ3) is 7.90. The maximum Gasteiger partial charge on any atom is 0.315 e. The number of amides is 2. The fourth-order valence-electron chi connectivity index (χ4n) is 5.28. The van der Waals surface area contributed by atoms with Gasteiger partial charge < -0.3 is 30.1 Å². The Hall–Kier alpha value is -3.23. The number of piperidine rings is 1. The number of ether oxygens (including phenoxy) is 2. The van der Waals surface area contributed by atoms with Gasteiger partial charge in [0.1, 0.15) is 0 Å². The van der Waals surface area contributed by atoms with Gasteiger partial charge in [0, 0.05) is 31.6 Å². The van der Waals surface area contributed by atoms with Gasteiger partial charge in [0.15, 0.2) is 6.29 Å². The van der Waals surface area contributed by atoms with Crippen LogP contribution in [0.2, 0.25) is 0 Å². The van der Waals surface area contributed by atoms with Crippen LogP contribution >= 0.6 is 0 Å². The number of rotatable bonds is 9. The van der Waals surface area contributed by atoms with Gasteiger partial charge >= 0.3 is 6.03 Å². The van der Waals surface area contributed by atoms with E-state index in [0.717, 1.165) is 53.9 Å². The van der Waals surface area contributed by atoms with Gasteiger partial charge in [-0.3, -0.25) is 0 Å². The molecule has 2 aliphatic rings. The van der Waals surface area contributed by atoms with E-state index >= 15 is 0 Å². The van der Waals surface area contributed by atoms with E-state index < -0.39 is 6.29 Å². The number of hydrogen-bond donors (Lipinski definition) is 3. The van der Waals surface area contributed by atoms with Crippen LogP contribution in [0, 0.1) is 0 Å². The molecule has 0 spiro atoms. The summed E-state index contributed by atoms with van der Waals surface area (Å²) in [4.78, 5) is 14.7. The average molecular weight is 530 g/mol. The lowest BCUT2D eigenvalue weighted by atomic mass is 9.99. The summed E-state index contributed by atoms with van der Waals surface area (Å²) >= 11 is 0. The monoisotopic (exact) mass is 529 g/mol. The molecule has 3 aromatic rings. The Morgan fingerprint density at radius 2 is 1.38 bits per heavy atom. The largest absolute Gasteiger partial charge is 0.392 e. The summed E-state index contributed by atoms with van der Waals surface area (Å²) < 4.78 is 13.0. The number of benzene rings is 3. The molecule has 7 nitrogen and oxygen atoms in total. The number of carbonyl (C=O) groups is 1. The van der Waals surface area contributed by atoms with Gasteiger partial charge in [0.2, 0.25) is 0 Å². The summed E-state index contributed by atoms with van der Waals surface area (Å²) in [5.74, 6) is 0. The average Bonchev–Trinajstić information content (AvgIpc) is 3.00. The van der Waals surface area contributed by atoms with Crippen molar-refractivity contribution >= 4 is 6.03 Å². The Balaban J connectivity index is 1.20. The van der Waals surface area contributed by atoms with Crippen LogP contribution in [0.4, 0.5) is 4.79 Å². The lowest BCUT2D eigenvalue weighted by Gasteiger charge is -2.39. The number of carbonyl (C=O) groups excluding carboxylic acids is 1. The number of aliphatic hydroxyl groups excluding tert-OH is 1. The quantitative estimate of drug-likeness (QED) is 0.355. The van der Waals surface area contributed by atoms with Crippen molar-refractivity contribution in [2.45, 2.75) is 63.9 Å². The molecule has 7 heteroatoms. The molecular formula is C32H39N3O4. The predicted molar refractivity (Wildman–Crippen MR) is 151 cm³/mol. The molecule has 2 heterocycles. The molecule has 0 radical (unpaired) electrons. The summed E-state index contributed by atoms with van der Waals surface area (Å²) in [6.45, 7) is 4.12. The molecule has 2 aliphatic heterocycles. The molecule has 0 unspecified atom stereocenters. The SMILES string of the molecule is O=C(NCc1ccccc1)NCc1ccc([C@@H]2O[C@H](CN3CCCCC3)C[C@H](c3ccc(CO)cc3)O2)cc1. The first-order valence-electron chi connectivity index (χ1n) is 14.0. The van der Waals surface area contributed by atoms with Gasteiger partial charge in [0.25, 0.3) is 0 Å². The molecule has 2 amide bonds. The van der Waals surface area contributed by atoms with Gasteiger partial charge in [0.05, 0.1) is 18.8 Å².